The van der Waals surface area contributed by atoms with Crippen molar-refractivity contribution < 1.29 is 18.3 Å². The van der Waals surface area contributed by atoms with Gasteiger partial charge in [-0.2, -0.15) is 5.10 Å². The Labute approximate surface area is 179 Å². The van der Waals surface area contributed by atoms with E-state index < -0.39 is 16.6 Å². The van der Waals surface area contributed by atoms with Gasteiger partial charge in [-0.1, -0.05) is 0 Å². The van der Waals surface area contributed by atoms with Crippen LogP contribution in [0.1, 0.15) is 5.56 Å². The third kappa shape index (κ3) is 4.19. The molecule has 3 N–H and O–H groups in total. The highest BCUT2D eigenvalue weighted by Gasteiger charge is 2.18. The Hall–Kier alpha value is -3.53. The van der Waals surface area contributed by atoms with Gasteiger partial charge in [-0.25, -0.2) is 18.2 Å². The molecule has 0 amide bonds. The normalized spacial score (nSPS) is 11.5. The number of rotatable bonds is 6. The van der Waals surface area contributed by atoms with Gasteiger partial charge in [0.1, 0.15) is 5.75 Å². The average molecular weight is 436 g/mol. The zero-order valence-corrected chi connectivity index (χ0v) is 17.5. The van der Waals surface area contributed by atoms with E-state index in [4.69, 9.17) is 15.0 Å². The summed E-state index contributed by atoms with van der Waals surface area (Å²) in [5.74, 6) is 0.726. The highest BCUT2D eigenvalue weighted by Crippen LogP contribution is 2.30. The number of nitrogens with two attached hydrogens (primary N) is 1. The molecule has 0 spiro atoms. The van der Waals surface area contributed by atoms with Gasteiger partial charge in [0.05, 0.1) is 35.7 Å². The van der Waals surface area contributed by atoms with Crippen LogP contribution in [0.3, 0.4) is 0 Å². The summed E-state index contributed by atoms with van der Waals surface area (Å²) in [6, 6.07) is 17.7. The number of hydrogen-bond donors (Lipinski definition) is 2. The van der Waals surface area contributed by atoms with Gasteiger partial charge in [0.2, 0.25) is 10.0 Å². The molecule has 2 aromatic heterocycles. The first-order valence-corrected chi connectivity index (χ1v) is 10.9. The number of aromatic nitrogens is 3. The van der Waals surface area contributed by atoms with E-state index in [1.807, 2.05) is 42.5 Å². The quantitative estimate of drug-likeness (QED) is 0.479. The summed E-state index contributed by atoms with van der Waals surface area (Å²) in [7, 11) is -2.36. The molecule has 158 valence electrons. The van der Waals surface area contributed by atoms with Crippen LogP contribution in [-0.4, -0.2) is 35.4 Å². The number of aliphatic hydroxyl groups excluding tert-OH is 1. The Balaban J connectivity index is 1.91. The number of hydrogen-bond acceptors (Lipinski definition) is 6. The lowest BCUT2D eigenvalue weighted by atomic mass is 10.1. The predicted octanol–water partition coefficient (Wildman–Crippen LogP) is 2.75. The summed E-state index contributed by atoms with van der Waals surface area (Å²) in [6.07, 6.45) is 3.37. The second-order valence-electron chi connectivity index (χ2n) is 6.79. The van der Waals surface area contributed by atoms with Crippen LogP contribution in [0, 0.1) is 0 Å². The molecular weight excluding hydrogens is 416 g/mol. The third-order valence-electron chi connectivity index (χ3n) is 4.84. The Bertz CT molecular complexity index is 1320. The summed E-state index contributed by atoms with van der Waals surface area (Å²) in [5, 5.41) is 19.7. The SMILES string of the molecule is COc1ccc(-c2cc(-c3ccncc3)nn2-c2ccc(S(N)(=O)=O)c(CO)c2)cc1. The van der Waals surface area contributed by atoms with Gasteiger partial charge in [-0.15, -0.1) is 0 Å². The molecule has 0 fully saturated rings. The van der Waals surface area contributed by atoms with E-state index in [2.05, 4.69) is 4.98 Å². The van der Waals surface area contributed by atoms with Crippen LogP contribution < -0.4 is 9.88 Å². The lowest BCUT2D eigenvalue weighted by Gasteiger charge is -2.12. The largest absolute Gasteiger partial charge is 0.497 e. The van der Waals surface area contributed by atoms with Crippen molar-refractivity contribution in [1.82, 2.24) is 14.8 Å². The number of nitrogens with zero attached hydrogens (tertiary/aromatic N) is 3. The fourth-order valence-corrected chi connectivity index (χ4v) is 4.05. The van der Waals surface area contributed by atoms with Crippen LogP contribution in [0.5, 0.6) is 5.75 Å². The Morgan fingerprint density at radius 3 is 2.32 bits per heavy atom. The molecule has 0 saturated heterocycles. The van der Waals surface area contributed by atoms with Gasteiger partial charge in [-0.3, -0.25) is 4.98 Å². The van der Waals surface area contributed by atoms with Gasteiger partial charge in [0, 0.05) is 23.5 Å². The first kappa shape index (κ1) is 20.7. The molecule has 31 heavy (non-hydrogen) atoms. The molecule has 4 aromatic rings. The van der Waals surface area contributed by atoms with Crippen molar-refractivity contribution >= 4 is 10.0 Å². The van der Waals surface area contributed by atoms with Gasteiger partial charge in [-0.05, 0) is 66.2 Å². The summed E-state index contributed by atoms with van der Waals surface area (Å²) >= 11 is 0. The molecule has 0 aliphatic rings. The van der Waals surface area contributed by atoms with E-state index in [0.29, 0.717) is 11.4 Å². The molecule has 9 heteroatoms. The topological polar surface area (TPSA) is 120 Å². The van der Waals surface area contributed by atoms with E-state index in [1.54, 1.807) is 36.3 Å². The summed E-state index contributed by atoms with van der Waals surface area (Å²) in [6.45, 7) is -0.476. The van der Waals surface area contributed by atoms with E-state index in [0.717, 1.165) is 22.6 Å². The van der Waals surface area contributed by atoms with Gasteiger partial charge < -0.3 is 9.84 Å². The molecule has 0 aliphatic heterocycles. The predicted molar refractivity (Wildman–Crippen MR) is 116 cm³/mol. The van der Waals surface area contributed by atoms with Crippen molar-refractivity contribution in [3.05, 3.63) is 78.6 Å². The van der Waals surface area contributed by atoms with Crippen LogP contribution in [0.4, 0.5) is 0 Å². The number of benzene rings is 2. The number of sulfonamides is 1. The minimum atomic E-state index is -3.96. The van der Waals surface area contributed by atoms with Gasteiger partial charge >= 0.3 is 0 Å². The van der Waals surface area contributed by atoms with Crippen molar-refractivity contribution in [3.8, 4) is 34.0 Å². The van der Waals surface area contributed by atoms with Crippen molar-refractivity contribution in [2.75, 3.05) is 7.11 Å². The lowest BCUT2D eigenvalue weighted by Crippen LogP contribution is -2.15. The molecule has 2 heterocycles. The fourth-order valence-electron chi connectivity index (χ4n) is 3.31. The lowest BCUT2D eigenvalue weighted by molar-refractivity contribution is 0.278. The second-order valence-corrected chi connectivity index (χ2v) is 8.32. The van der Waals surface area contributed by atoms with Crippen molar-refractivity contribution in [3.63, 3.8) is 0 Å². The summed E-state index contributed by atoms with van der Waals surface area (Å²) in [5.41, 5.74) is 4.04. The Morgan fingerprint density at radius 1 is 1.00 bits per heavy atom. The maximum Gasteiger partial charge on any atom is 0.238 e. The molecule has 0 saturated carbocycles. The van der Waals surface area contributed by atoms with Gasteiger partial charge in [0.25, 0.3) is 0 Å². The maximum atomic E-state index is 11.8. The minimum Gasteiger partial charge on any atom is -0.497 e. The maximum absolute atomic E-state index is 11.8. The van der Waals surface area contributed by atoms with Crippen LogP contribution in [-0.2, 0) is 16.6 Å². The number of methoxy groups -OCH3 is 1. The van der Waals surface area contributed by atoms with Crippen molar-refractivity contribution in [2.45, 2.75) is 11.5 Å². The first-order chi connectivity index (χ1) is 14.9. The smallest absolute Gasteiger partial charge is 0.238 e. The van der Waals surface area contributed by atoms with Crippen LogP contribution in [0.15, 0.2) is 78.0 Å². The molecular formula is C22H20N4O4S. The number of primary sulfonamides is 1. The van der Waals surface area contributed by atoms with E-state index in [9.17, 15) is 13.5 Å². The molecule has 0 aliphatic carbocycles. The summed E-state index contributed by atoms with van der Waals surface area (Å²) in [4.78, 5) is 3.93. The Kier molecular flexibility index (Phi) is 5.55. The molecule has 4 rings (SSSR count). The standard InChI is InChI=1S/C22H20N4O4S/c1-30-19-5-2-16(3-6-19)21-13-20(15-8-10-24-11-9-15)25-26(21)18-4-7-22(31(23,28)29)17(12-18)14-27/h2-13,27H,14H2,1H3,(H2,23,28,29). The van der Waals surface area contributed by atoms with Gasteiger partial charge in [0.15, 0.2) is 0 Å². The first-order valence-electron chi connectivity index (χ1n) is 9.32. The van der Waals surface area contributed by atoms with Crippen LogP contribution in [0.25, 0.3) is 28.2 Å². The zero-order chi connectivity index (χ0) is 22.0. The minimum absolute atomic E-state index is 0.119. The second kappa shape index (κ2) is 8.31. The average Bonchev–Trinajstić information content (AvgIpc) is 3.24. The highest BCUT2D eigenvalue weighted by molar-refractivity contribution is 7.89. The number of pyridine rings is 1. The molecule has 8 nitrogen and oxygen atoms in total. The molecule has 0 atom stereocenters. The van der Waals surface area contributed by atoms with Crippen LogP contribution in [0.2, 0.25) is 0 Å². The number of aliphatic hydroxyl groups is 1. The van der Waals surface area contributed by atoms with E-state index in [1.165, 1.54) is 6.07 Å². The summed E-state index contributed by atoms with van der Waals surface area (Å²) < 4.78 is 30.6. The molecule has 2 aromatic carbocycles. The Morgan fingerprint density at radius 2 is 1.71 bits per heavy atom. The fraction of sp³-hybridized carbons (Fsp3) is 0.0909. The molecule has 0 unspecified atom stereocenters. The monoisotopic (exact) mass is 436 g/mol. The van der Waals surface area contributed by atoms with Crippen molar-refractivity contribution in [1.29, 1.82) is 0 Å². The third-order valence-corrected chi connectivity index (χ3v) is 5.85. The zero-order valence-electron chi connectivity index (χ0n) is 16.6. The van der Waals surface area contributed by atoms with E-state index in [-0.39, 0.29) is 10.5 Å². The van der Waals surface area contributed by atoms with Crippen molar-refractivity contribution in [2.24, 2.45) is 5.14 Å². The highest BCUT2D eigenvalue weighted by atomic mass is 32.2. The van der Waals surface area contributed by atoms with Crippen LogP contribution >= 0.6 is 0 Å². The number of ether oxygens (including phenoxy) is 1. The molecule has 0 radical (unpaired) electrons. The molecule has 0 bridgehead atoms. The van der Waals surface area contributed by atoms with E-state index >= 15 is 0 Å².